The third-order valence-electron chi connectivity index (χ3n) is 2.26. The van der Waals surface area contributed by atoms with Crippen LogP contribution < -0.4 is 0 Å². The van der Waals surface area contributed by atoms with Crippen LogP contribution in [-0.4, -0.2) is 5.11 Å². The van der Waals surface area contributed by atoms with Gasteiger partial charge in [-0.3, -0.25) is 0 Å². The van der Waals surface area contributed by atoms with E-state index in [2.05, 4.69) is 0 Å². The minimum Gasteiger partial charge on any atom is -0.392 e. The largest absolute Gasteiger partial charge is 0.392 e. The summed E-state index contributed by atoms with van der Waals surface area (Å²) in [5.41, 5.74) is 0.749. The Morgan fingerprint density at radius 1 is 1.06 bits per heavy atom. The van der Waals surface area contributed by atoms with E-state index in [0.717, 1.165) is 15.4 Å². The minimum absolute atomic E-state index is 0.0669. The Balaban J connectivity index is 2.33. The molecule has 0 spiro atoms. The summed E-state index contributed by atoms with van der Waals surface area (Å²) in [6, 6.07) is 13.2. The van der Waals surface area contributed by atoms with Crippen molar-refractivity contribution in [2.24, 2.45) is 0 Å². The molecule has 0 aliphatic carbocycles. The lowest BCUT2D eigenvalue weighted by atomic mass is 10.2. The molecular weight excluding hydrogens is 275 g/mol. The highest BCUT2D eigenvalue weighted by Crippen LogP contribution is 2.34. The van der Waals surface area contributed by atoms with Gasteiger partial charge in [-0.15, -0.1) is 0 Å². The maximum absolute atomic E-state index is 9.31. The zero-order valence-corrected chi connectivity index (χ0v) is 11.2. The fraction of sp³-hybridized carbons (Fsp3) is 0.0769. The van der Waals surface area contributed by atoms with E-state index in [1.54, 1.807) is 6.07 Å². The lowest BCUT2D eigenvalue weighted by Crippen LogP contribution is -1.88. The van der Waals surface area contributed by atoms with E-state index in [1.807, 2.05) is 36.4 Å². The molecule has 1 N–H and O–H groups in total. The molecule has 0 radical (unpaired) electrons. The average Bonchev–Trinajstić information content (AvgIpc) is 2.29. The lowest BCUT2D eigenvalue weighted by Gasteiger charge is -2.08. The van der Waals surface area contributed by atoms with Crippen LogP contribution in [0.4, 0.5) is 0 Å². The molecule has 0 aliphatic heterocycles. The van der Waals surface area contributed by atoms with Crippen LogP contribution in [0.5, 0.6) is 0 Å². The fourth-order valence-corrected chi connectivity index (χ4v) is 3.02. The standard InChI is InChI=1S/C13H10Cl2OS/c14-9-3-1-4-10(7-9)17-13-6-2-5-12(15)11(13)8-16/h1-7,16H,8H2. The van der Waals surface area contributed by atoms with Gasteiger partial charge in [0.2, 0.25) is 0 Å². The molecule has 0 amide bonds. The highest BCUT2D eigenvalue weighted by atomic mass is 35.5. The van der Waals surface area contributed by atoms with E-state index in [-0.39, 0.29) is 6.61 Å². The third kappa shape index (κ3) is 3.17. The molecule has 0 aliphatic rings. The van der Waals surface area contributed by atoms with Gasteiger partial charge < -0.3 is 5.11 Å². The van der Waals surface area contributed by atoms with Crippen LogP contribution in [0.3, 0.4) is 0 Å². The van der Waals surface area contributed by atoms with E-state index in [1.165, 1.54) is 11.8 Å². The van der Waals surface area contributed by atoms with Crippen LogP contribution in [0.25, 0.3) is 0 Å². The van der Waals surface area contributed by atoms with Gasteiger partial charge in [0, 0.05) is 25.4 Å². The molecule has 0 saturated carbocycles. The van der Waals surface area contributed by atoms with E-state index < -0.39 is 0 Å². The minimum atomic E-state index is -0.0669. The summed E-state index contributed by atoms with van der Waals surface area (Å²) in [5, 5.41) is 10.6. The lowest BCUT2D eigenvalue weighted by molar-refractivity contribution is 0.279. The van der Waals surface area contributed by atoms with Crippen molar-refractivity contribution in [1.82, 2.24) is 0 Å². The monoisotopic (exact) mass is 284 g/mol. The van der Waals surface area contributed by atoms with Crippen molar-refractivity contribution in [2.45, 2.75) is 16.4 Å². The molecule has 2 rings (SSSR count). The van der Waals surface area contributed by atoms with Crippen LogP contribution in [0, 0.1) is 0 Å². The summed E-state index contributed by atoms with van der Waals surface area (Å²) < 4.78 is 0. The summed E-state index contributed by atoms with van der Waals surface area (Å²) in [7, 11) is 0. The normalized spacial score (nSPS) is 10.5. The smallest absolute Gasteiger partial charge is 0.0707 e. The molecule has 0 saturated heterocycles. The number of aliphatic hydroxyl groups is 1. The summed E-state index contributed by atoms with van der Waals surface area (Å²) in [5.74, 6) is 0. The first-order chi connectivity index (χ1) is 8.20. The highest BCUT2D eigenvalue weighted by molar-refractivity contribution is 7.99. The van der Waals surface area contributed by atoms with Gasteiger partial charge in [-0.05, 0) is 30.3 Å². The van der Waals surface area contributed by atoms with E-state index in [0.29, 0.717) is 10.0 Å². The van der Waals surface area contributed by atoms with Gasteiger partial charge in [0.25, 0.3) is 0 Å². The molecule has 0 unspecified atom stereocenters. The number of hydrogen-bond donors (Lipinski definition) is 1. The maximum atomic E-state index is 9.31. The predicted octanol–water partition coefficient (Wildman–Crippen LogP) is 4.64. The number of rotatable bonds is 3. The van der Waals surface area contributed by atoms with E-state index in [4.69, 9.17) is 23.2 Å². The topological polar surface area (TPSA) is 20.2 Å². The van der Waals surface area contributed by atoms with E-state index in [9.17, 15) is 5.11 Å². The van der Waals surface area contributed by atoms with Crippen LogP contribution >= 0.6 is 35.0 Å². The zero-order chi connectivity index (χ0) is 12.3. The molecule has 1 nitrogen and oxygen atoms in total. The number of hydrogen-bond acceptors (Lipinski definition) is 2. The first-order valence-electron chi connectivity index (χ1n) is 5.02. The van der Waals surface area contributed by atoms with Crippen molar-refractivity contribution >= 4 is 35.0 Å². The Bertz CT molecular complexity index is 529. The molecule has 4 heteroatoms. The van der Waals surface area contributed by atoms with Crippen LogP contribution in [-0.2, 0) is 6.61 Å². The molecule has 0 fully saturated rings. The zero-order valence-electron chi connectivity index (χ0n) is 8.86. The first kappa shape index (κ1) is 12.8. The van der Waals surface area contributed by atoms with Crippen molar-refractivity contribution in [3.8, 4) is 0 Å². The second kappa shape index (κ2) is 5.78. The second-order valence-electron chi connectivity index (χ2n) is 3.43. The predicted molar refractivity (Wildman–Crippen MR) is 72.9 cm³/mol. The molecule has 2 aromatic rings. The molecule has 88 valence electrons. The Labute approximate surface area is 114 Å². The summed E-state index contributed by atoms with van der Waals surface area (Å²) >= 11 is 13.5. The maximum Gasteiger partial charge on any atom is 0.0707 e. The molecule has 2 aromatic carbocycles. The Morgan fingerprint density at radius 3 is 2.53 bits per heavy atom. The van der Waals surface area contributed by atoms with Gasteiger partial charge in [0.15, 0.2) is 0 Å². The SMILES string of the molecule is OCc1c(Cl)cccc1Sc1cccc(Cl)c1. The Kier molecular flexibility index (Phi) is 4.35. The molecule has 0 atom stereocenters. The summed E-state index contributed by atoms with van der Waals surface area (Å²) in [4.78, 5) is 1.97. The Hall–Kier alpha value is -0.670. The molecular formula is C13H10Cl2OS. The quantitative estimate of drug-likeness (QED) is 0.886. The first-order valence-corrected chi connectivity index (χ1v) is 6.59. The number of halogens is 2. The average molecular weight is 285 g/mol. The van der Waals surface area contributed by atoms with Gasteiger partial charge in [-0.1, -0.05) is 47.1 Å². The highest BCUT2D eigenvalue weighted by Gasteiger charge is 2.07. The van der Waals surface area contributed by atoms with Gasteiger partial charge in [-0.2, -0.15) is 0 Å². The van der Waals surface area contributed by atoms with Crippen molar-refractivity contribution < 1.29 is 5.11 Å². The molecule has 17 heavy (non-hydrogen) atoms. The van der Waals surface area contributed by atoms with Crippen molar-refractivity contribution in [1.29, 1.82) is 0 Å². The van der Waals surface area contributed by atoms with Gasteiger partial charge in [0.1, 0.15) is 0 Å². The summed E-state index contributed by atoms with van der Waals surface area (Å²) in [6.07, 6.45) is 0. The van der Waals surface area contributed by atoms with Gasteiger partial charge >= 0.3 is 0 Å². The van der Waals surface area contributed by atoms with Crippen LogP contribution in [0.1, 0.15) is 5.56 Å². The van der Waals surface area contributed by atoms with Gasteiger partial charge in [0.05, 0.1) is 6.61 Å². The molecule has 0 heterocycles. The van der Waals surface area contributed by atoms with Crippen molar-refractivity contribution in [3.05, 3.63) is 58.1 Å². The number of aliphatic hydroxyl groups excluding tert-OH is 1. The number of benzene rings is 2. The van der Waals surface area contributed by atoms with Gasteiger partial charge in [-0.25, -0.2) is 0 Å². The molecule has 0 aromatic heterocycles. The summed E-state index contributed by atoms with van der Waals surface area (Å²) in [6.45, 7) is -0.0669. The second-order valence-corrected chi connectivity index (χ2v) is 5.39. The Morgan fingerprint density at radius 2 is 1.82 bits per heavy atom. The fourth-order valence-electron chi connectivity index (χ4n) is 1.45. The third-order valence-corrected chi connectivity index (χ3v) is 3.94. The van der Waals surface area contributed by atoms with Crippen molar-refractivity contribution in [2.75, 3.05) is 0 Å². The van der Waals surface area contributed by atoms with Crippen LogP contribution in [0.2, 0.25) is 10.0 Å². The molecule has 0 bridgehead atoms. The van der Waals surface area contributed by atoms with E-state index >= 15 is 0 Å². The van der Waals surface area contributed by atoms with Crippen LogP contribution in [0.15, 0.2) is 52.3 Å². The van der Waals surface area contributed by atoms with Crippen molar-refractivity contribution in [3.63, 3.8) is 0 Å².